The Labute approximate surface area is 185 Å². The van der Waals surface area contributed by atoms with Gasteiger partial charge in [0.2, 0.25) is 0 Å². The lowest BCUT2D eigenvalue weighted by Crippen LogP contribution is -2.55. The Balaban J connectivity index is 1.23. The summed E-state index contributed by atoms with van der Waals surface area (Å²) >= 11 is 0. The first-order valence-electron chi connectivity index (χ1n) is 11.2. The molecule has 4 rings (SSSR count). The van der Waals surface area contributed by atoms with Crippen molar-refractivity contribution in [2.45, 2.75) is 19.8 Å². The van der Waals surface area contributed by atoms with Crippen LogP contribution in [0.4, 0.5) is 5.82 Å². The second-order valence-electron chi connectivity index (χ2n) is 8.39. The van der Waals surface area contributed by atoms with Crippen LogP contribution in [0, 0.1) is 6.92 Å². The molecule has 160 valence electrons. The van der Waals surface area contributed by atoms with Gasteiger partial charge in [0.15, 0.2) is 5.69 Å². The molecule has 2 heterocycles. The summed E-state index contributed by atoms with van der Waals surface area (Å²) in [6.45, 7) is 8.88. The Morgan fingerprint density at radius 3 is 1.97 bits per heavy atom. The highest BCUT2D eigenvalue weighted by atomic mass is 15.3. The molecule has 0 bridgehead atoms. The van der Waals surface area contributed by atoms with Crippen LogP contribution in [0.5, 0.6) is 0 Å². The SMILES string of the molecule is Cc1cc([NH+]=[N-])nc(-c2ccc(CCN3CCN(CCc4ccccc4)CC3)cc2)c1. The molecule has 1 saturated heterocycles. The van der Waals surface area contributed by atoms with E-state index in [1.165, 1.54) is 11.1 Å². The second kappa shape index (κ2) is 10.4. The number of benzene rings is 2. The van der Waals surface area contributed by atoms with Gasteiger partial charge in [-0.05, 0) is 47.5 Å². The molecule has 0 atom stereocenters. The smallest absolute Gasteiger partial charge is 0.306 e. The highest BCUT2D eigenvalue weighted by Gasteiger charge is 2.16. The van der Waals surface area contributed by atoms with E-state index in [-0.39, 0.29) is 0 Å². The number of piperazine rings is 1. The quantitative estimate of drug-likeness (QED) is 0.577. The van der Waals surface area contributed by atoms with Gasteiger partial charge in [-0.25, -0.2) is 0 Å². The van der Waals surface area contributed by atoms with Crippen molar-refractivity contribution in [1.82, 2.24) is 14.8 Å². The zero-order chi connectivity index (χ0) is 21.5. The Kier molecular flexibility index (Phi) is 7.18. The third kappa shape index (κ3) is 6.06. The van der Waals surface area contributed by atoms with Crippen LogP contribution in [-0.2, 0) is 12.8 Å². The maximum absolute atomic E-state index is 9.15. The lowest BCUT2D eigenvalue weighted by atomic mass is 10.1. The lowest BCUT2D eigenvalue weighted by Gasteiger charge is -2.34. The molecule has 1 fully saturated rings. The first-order chi connectivity index (χ1) is 15.2. The van der Waals surface area contributed by atoms with E-state index in [2.05, 4.69) is 74.5 Å². The summed E-state index contributed by atoms with van der Waals surface area (Å²) in [5.74, 6) is 0.474. The summed E-state index contributed by atoms with van der Waals surface area (Å²) in [4.78, 5) is 9.60. The van der Waals surface area contributed by atoms with Gasteiger partial charge < -0.3 is 20.4 Å². The third-order valence-electron chi connectivity index (χ3n) is 6.08. The van der Waals surface area contributed by atoms with Crippen LogP contribution in [0.1, 0.15) is 16.7 Å². The van der Waals surface area contributed by atoms with Crippen molar-refractivity contribution in [2.24, 2.45) is 0 Å². The Hall–Kier alpha value is -2.89. The first kappa shape index (κ1) is 21.3. The summed E-state index contributed by atoms with van der Waals surface area (Å²) in [5.41, 5.74) is 14.9. The predicted molar refractivity (Wildman–Crippen MR) is 125 cm³/mol. The zero-order valence-corrected chi connectivity index (χ0v) is 18.3. The van der Waals surface area contributed by atoms with Crippen molar-refractivity contribution in [3.05, 3.63) is 89.0 Å². The van der Waals surface area contributed by atoms with Gasteiger partial charge in [-0.2, -0.15) is 0 Å². The van der Waals surface area contributed by atoms with E-state index in [9.17, 15) is 0 Å². The molecular weight excluding hydrogens is 382 g/mol. The number of aromatic nitrogens is 1. The fourth-order valence-corrected chi connectivity index (χ4v) is 4.17. The topological polar surface area (TPSA) is 55.6 Å². The number of pyridine rings is 1. The summed E-state index contributed by atoms with van der Waals surface area (Å²) in [6, 6.07) is 23.3. The van der Waals surface area contributed by atoms with E-state index < -0.39 is 0 Å². The second-order valence-corrected chi connectivity index (χ2v) is 8.39. The largest absolute Gasteiger partial charge is 0.614 e. The molecule has 2 aromatic carbocycles. The summed E-state index contributed by atoms with van der Waals surface area (Å²) < 4.78 is 0. The van der Waals surface area contributed by atoms with Crippen molar-refractivity contribution in [3.8, 4) is 11.3 Å². The molecule has 1 aliphatic rings. The molecule has 3 aromatic rings. The van der Waals surface area contributed by atoms with Gasteiger partial charge >= 0.3 is 5.82 Å². The monoisotopic (exact) mass is 413 g/mol. The molecule has 0 amide bonds. The van der Waals surface area contributed by atoms with Gasteiger partial charge in [-0.3, -0.25) is 0 Å². The molecule has 1 N–H and O–H groups in total. The van der Waals surface area contributed by atoms with Crippen LogP contribution in [0.25, 0.3) is 16.8 Å². The lowest BCUT2D eigenvalue weighted by molar-refractivity contribution is -0.384. The van der Waals surface area contributed by atoms with Crippen LogP contribution >= 0.6 is 0 Å². The van der Waals surface area contributed by atoms with Gasteiger partial charge in [0.05, 0.1) is 0 Å². The van der Waals surface area contributed by atoms with E-state index in [1.54, 1.807) is 0 Å². The van der Waals surface area contributed by atoms with Gasteiger partial charge in [-0.15, -0.1) is 0 Å². The molecule has 0 unspecified atom stereocenters. The molecule has 5 nitrogen and oxygen atoms in total. The average Bonchev–Trinajstić information content (AvgIpc) is 2.82. The molecule has 0 spiro atoms. The van der Waals surface area contributed by atoms with E-state index >= 15 is 0 Å². The molecule has 0 saturated carbocycles. The molecule has 31 heavy (non-hydrogen) atoms. The number of rotatable bonds is 8. The third-order valence-corrected chi connectivity index (χ3v) is 6.08. The normalized spacial score (nSPS) is 15.1. The number of hydrogen-bond donors (Lipinski definition) is 1. The summed E-state index contributed by atoms with van der Waals surface area (Å²) in [7, 11) is 0. The molecule has 5 heteroatoms. The summed E-state index contributed by atoms with van der Waals surface area (Å²) in [6.07, 6.45) is 2.20. The Bertz CT molecular complexity index is 976. The van der Waals surface area contributed by atoms with Crippen LogP contribution in [0.2, 0.25) is 0 Å². The summed E-state index contributed by atoms with van der Waals surface area (Å²) in [5, 5.41) is 2.15. The Morgan fingerprint density at radius 1 is 0.806 bits per heavy atom. The van der Waals surface area contributed by atoms with Crippen molar-refractivity contribution in [1.29, 1.82) is 0 Å². The van der Waals surface area contributed by atoms with Crippen LogP contribution in [-0.4, -0.2) is 54.1 Å². The highest BCUT2D eigenvalue weighted by Crippen LogP contribution is 2.20. The van der Waals surface area contributed by atoms with Gasteiger partial charge in [0.25, 0.3) is 0 Å². The van der Waals surface area contributed by atoms with Crippen LogP contribution in [0.15, 0.2) is 66.7 Å². The van der Waals surface area contributed by atoms with E-state index in [0.717, 1.165) is 68.9 Å². The van der Waals surface area contributed by atoms with E-state index in [0.29, 0.717) is 5.82 Å². The highest BCUT2D eigenvalue weighted by molar-refractivity contribution is 5.61. The van der Waals surface area contributed by atoms with Crippen molar-refractivity contribution in [2.75, 3.05) is 39.3 Å². The van der Waals surface area contributed by atoms with Crippen LogP contribution < -0.4 is 5.11 Å². The minimum Gasteiger partial charge on any atom is -0.614 e. The van der Waals surface area contributed by atoms with Crippen molar-refractivity contribution < 1.29 is 5.11 Å². The zero-order valence-electron chi connectivity index (χ0n) is 18.3. The number of hydrogen-bond acceptors (Lipinski definition) is 3. The van der Waals surface area contributed by atoms with E-state index in [1.807, 2.05) is 19.1 Å². The minimum atomic E-state index is 0.474. The van der Waals surface area contributed by atoms with Crippen LogP contribution in [0.3, 0.4) is 0 Å². The maximum Gasteiger partial charge on any atom is 0.306 e. The first-order valence-corrected chi connectivity index (χ1v) is 11.2. The van der Waals surface area contributed by atoms with Crippen molar-refractivity contribution >= 4 is 5.82 Å². The maximum atomic E-state index is 9.15. The molecule has 1 aromatic heterocycles. The van der Waals surface area contributed by atoms with E-state index in [4.69, 9.17) is 5.53 Å². The molecule has 0 aliphatic carbocycles. The van der Waals surface area contributed by atoms with Gasteiger partial charge in [0, 0.05) is 50.9 Å². The van der Waals surface area contributed by atoms with Gasteiger partial charge in [-0.1, -0.05) is 54.6 Å². The standard InChI is InChI=1S/C26H31N5/c1-21-19-25(28-26(20-21)29-27)24-9-7-23(8-10-24)12-14-31-17-15-30(16-18-31)13-11-22-5-3-2-4-6-22/h2-10,19-20,29H,11-18H2,1H3. The average molecular weight is 414 g/mol. The number of nitrogens with one attached hydrogen (secondary N) is 1. The molecular formula is C26H31N5. The Morgan fingerprint density at radius 2 is 1.39 bits per heavy atom. The molecule has 1 aliphatic heterocycles. The predicted octanol–water partition coefficient (Wildman–Crippen LogP) is 3.19. The fraction of sp³-hybridized carbons (Fsp3) is 0.346. The number of aryl methyl sites for hydroxylation is 1. The number of nitrogens with zero attached hydrogens (tertiary/aromatic N) is 4. The van der Waals surface area contributed by atoms with Crippen molar-refractivity contribution in [3.63, 3.8) is 0 Å². The fourth-order valence-electron chi connectivity index (χ4n) is 4.17. The minimum absolute atomic E-state index is 0.474. The van der Waals surface area contributed by atoms with Gasteiger partial charge in [0.1, 0.15) is 0 Å². The molecule has 0 radical (unpaired) electrons.